The van der Waals surface area contributed by atoms with Crippen molar-refractivity contribution in [3.63, 3.8) is 0 Å². The van der Waals surface area contributed by atoms with E-state index in [2.05, 4.69) is 45.5 Å². The summed E-state index contributed by atoms with van der Waals surface area (Å²) in [6, 6.07) is 10.6. The number of rotatable bonds is 2. The minimum absolute atomic E-state index is 0.0449. The highest BCUT2D eigenvalue weighted by Gasteiger charge is 2.33. The number of hydrogen-bond donors (Lipinski definition) is 1. The van der Waals surface area contributed by atoms with Gasteiger partial charge in [-0.2, -0.15) is 0 Å². The number of hydrogen-bond acceptors (Lipinski definition) is 5. The van der Waals surface area contributed by atoms with Crippen LogP contribution in [0.3, 0.4) is 0 Å². The van der Waals surface area contributed by atoms with Gasteiger partial charge in [-0.25, -0.2) is 4.99 Å². The quantitative estimate of drug-likeness (QED) is 0.914. The Labute approximate surface area is 144 Å². The van der Waals surface area contributed by atoms with Crippen LogP contribution in [-0.2, 0) is 30.8 Å². The van der Waals surface area contributed by atoms with Crippen LogP contribution >= 0.6 is 11.3 Å². The van der Waals surface area contributed by atoms with Gasteiger partial charge in [0, 0.05) is 36.6 Å². The van der Waals surface area contributed by atoms with E-state index in [1.807, 2.05) is 4.90 Å². The minimum atomic E-state index is 0.0449. The molecule has 0 spiro atoms. The second-order valence-corrected chi connectivity index (χ2v) is 7.66. The molecule has 0 unspecified atom stereocenters. The molecule has 0 aliphatic carbocycles. The van der Waals surface area contributed by atoms with Gasteiger partial charge in [0.1, 0.15) is 11.5 Å². The summed E-state index contributed by atoms with van der Waals surface area (Å²) in [4.78, 5) is 22.3. The average Bonchev–Trinajstić information content (AvgIpc) is 3.12. The van der Waals surface area contributed by atoms with Crippen LogP contribution in [0.4, 0.5) is 5.00 Å². The molecule has 122 valence electrons. The summed E-state index contributed by atoms with van der Waals surface area (Å²) < 4.78 is 0. The Morgan fingerprint density at radius 1 is 1.12 bits per heavy atom. The topological polar surface area (TPSA) is 47.9 Å². The lowest BCUT2D eigenvalue weighted by atomic mass is 10.0. The Balaban J connectivity index is 1.41. The van der Waals surface area contributed by atoms with E-state index >= 15 is 0 Å². The number of benzene rings is 1. The predicted octanol–water partition coefficient (Wildman–Crippen LogP) is 2.24. The molecule has 0 atom stereocenters. The molecule has 0 saturated carbocycles. The van der Waals surface area contributed by atoms with Gasteiger partial charge in [-0.1, -0.05) is 30.3 Å². The summed E-state index contributed by atoms with van der Waals surface area (Å²) in [5.41, 5.74) is 4.13. The molecule has 1 fully saturated rings. The number of aliphatic imine (C=N–C) groups is 1. The molecule has 6 heteroatoms. The lowest BCUT2D eigenvalue weighted by Gasteiger charge is -2.29. The number of thiophene rings is 1. The molecule has 3 aliphatic rings. The van der Waals surface area contributed by atoms with Crippen molar-refractivity contribution in [3.05, 3.63) is 51.9 Å². The molecule has 0 bridgehead atoms. The van der Waals surface area contributed by atoms with Gasteiger partial charge < -0.3 is 4.90 Å². The van der Waals surface area contributed by atoms with Gasteiger partial charge in [0.15, 0.2) is 0 Å². The molecule has 1 N–H and O–H groups in total. The van der Waals surface area contributed by atoms with Crippen molar-refractivity contribution in [2.75, 3.05) is 13.1 Å². The Morgan fingerprint density at radius 3 is 2.88 bits per heavy atom. The number of nitrogens with one attached hydrogen (secondary N) is 1. The average molecular weight is 338 g/mol. The largest absolute Gasteiger partial charge is 0.329 e. The lowest BCUT2D eigenvalue weighted by Crippen LogP contribution is -2.33. The van der Waals surface area contributed by atoms with Crippen molar-refractivity contribution in [1.29, 1.82) is 0 Å². The number of guanidine groups is 1. The van der Waals surface area contributed by atoms with Crippen LogP contribution in [0.5, 0.6) is 0 Å². The van der Waals surface area contributed by atoms with Crippen LogP contribution in [-0.4, -0.2) is 34.8 Å². The highest BCUT2D eigenvalue weighted by molar-refractivity contribution is 7.16. The molecule has 3 aliphatic heterocycles. The van der Waals surface area contributed by atoms with Gasteiger partial charge >= 0.3 is 0 Å². The Kier molecular flexibility index (Phi) is 3.21. The summed E-state index contributed by atoms with van der Waals surface area (Å²) in [6.45, 7) is 4.30. The van der Waals surface area contributed by atoms with Crippen molar-refractivity contribution in [1.82, 2.24) is 15.1 Å². The number of nitrogens with zero attached hydrogens (tertiary/aromatic N) is 3. The highest BCUT2D eigenvalue weighted by Crippen LogP contribution is 2.42. The smallest absolute Gasteiger partial charge is 0.246 e. The molecule has 1 aromatic heterocycles. The van der Waals surface area contributed by atoms with Crippen molar-refractivity contribution >= 4 is 28.2 Å². The van der Waals surface area contributed by atoms with Crippen LogP contribution in [0.1, 0.15) is 21.6 Å². The Hall–Kier alpha value is -2.18. The fraction of sp³-hybridized carbons (Fsp3) is 0.333. The number of amides is 1. The van der Waals surface area contributed by atoms with Crippen molar-refractivity contribution in [2.24, 2.45) is 4.99 Å². The van der Waals surface area contributed by atoms with Gasteiger partial charge in [0.05, 0.1) is 0 Å². The summed E-state index contributed by atoms with van der Waals surface area (Å²) >= 11 is 1.80. The third-order valence-electron chi connectivity index (χ3n) is 4.91. The zero-order chi connectivity index (χ0) is 16.1. The Morgan fingerprint density at radius 2 is 2.00 bits per heavy atom. The first-order chi connectivity index (χ1) is 11.8. The zero-order valence-corrected chi connectivity index (χ0v) is 14.1. The van der Waals surface area contributed by atoms with E-state index in [0.29, 0.717) is 6.54 Å². The monoisotopic (exact) mass is 338 g/mol. The third-order valence-corrected chi connectivity index (χ3v) is 6.13. The van der Waals surface area contributed by atoms with E-state index in [0.717, 1.165) is 43.6 Å². The summed E-state index contributed by atoms with van der Waals surface area (Å²) in [7, 11) is 0. The fourth-order valence-electron chi connectivity index (χ4n) is 3.72. The van der Waals surface area contributed by atoms with Gasteiger partial charge in [0.25, 0.3) is 0 Å². The standard InChI is InChI=1S/C18H18N4OS/c23-16-11-22-10-14-13-9-21(8-12-4-2-1-3-5-12)7-6-15(13)24-17(14)20-18(22)19-16/h1-5H,6-11H2,(H,19,20,23). The van der Waals surface area contributed by atoms with Gasteiger partial charge in [0.2, 0.25) is 11.9 Å². The summed E-state index contributed by atoms with van der Waals surface area (Å²) in [5.74, 6) is 0.774. The Bertz CT molecular complexity index is 842. The van der Waals surface area contributed by atoms with Crippen LogP contribution in [0.15, 0.2) is 35.3 Å². The van der Waals surface area contributed by atoms with Crippen LogP contribution in [0.2, 0.25) is 0 Å². The minimum Gasteiger partial charge on any atom is -0.329 e. The van der Waals surface area contributed by atoms with E-state index in [9.17, 15) is 4.79 Å². The first kappa shape index (κ1) is 14.2. The molecular weight excluding hydrogens is 320 g/mol. The lowest BCUT2D eigenvalue weighted by molar-refractivity contribution is -0.118. The molecule has 1 amide bonds. The maximum absolute atomic E-state index is 11.6. The van der Waals surface area contributed by atoms with E-state index in [4.69, 9.17) is 0 Å². The fourth-order valence-corrected chi connectivity index (χ4v) is 4.90. The van der Waals surface area contributed by atoms with Crippen LogP contribution in [0.25, 0.3) is 0 Å². The predicted molar refractivity (Wildman–Crippen MR) is 94.2 cm³/mol. The van der Waals surface area contributed by atoms with Crippen LogP contribution in [0, 0.1) is 0 Å². The van der Waals surface area contributed by atoms with E-state index in [1.165, 1.54) is 21.6 Å². The summed E-state index contributed by atoms with van der Waals surface area (Å²) in [6.07, 6.45) is 1.09. The number of carbonyl (C=O) groups excluding carboxylic acids is 1. The highest BCUT2D eigenvalue weighted by atomic mass is 32.1. The normalized spacial score (nSPS) is 19.4. The SMILES string of the molecule is O=C1CN2Cc3c(sc4c3CN(Cc3ccccc3)CC4)N=C2N1. The maximum Gasteiger partial charge on any atom is 0.246 e. The van der Waals surface area contributed by atoms with Gasteiger partial charge in [-0.15, -0.1) is 11.3 Å². The maximum atomic E-state index is 11.6. The zero-order valence-electron chi connectivity index (χ0n) is 13.3. The van der Waals surface area contributed by atoms with E-state index < -0.39 is 0 Å². The van der Waals surface area contributed by atoms with E-state index in [1.54, 1.807) is 11.3 Å². The molecule has 1 saturated heterocycles. The molecule has 2 aromatic rings. The molecule has 0 radical (unpaired) electrons. The second-order valence-electron chi connectivity index (χ2n) is 6.57. The molecule has 4 heterocycles. The van der Waals surface area contributed by atoms with Crippen molar-refractivity contribution < 1.29 is 4.79 Å². The molecule has 5 rings (SSSR count). The van der Waals surface area contributed by atoms with Crippen molar-refractivity contribution in [2.45, 2.75) is 26.1 Å². The van der Waals surface area contributed by atoms with Crippen LogP contribution < -0.4 is 5.32 Å². The second kappa shape index (κ2) is 5.43. The number of fused-ring (bicyclic) bond motifs is 4. The number of carbonyl (C=O) groups is 1. The van der Waals surface area contributed by atoms with Gasteiger partial charge in [-0.3, -0.25) is 15.0 Å². The first-order valence-corrected chi connectivity index (χ1v) is 9.11. The van der Waals surface area contributed by atoms with E-state index in [-0.39, 0.29) is 5.91 Å². The summed E-state index contributed by atoms with van der Waals surface area (Å²) in [5, 5.41) is 3.94. The van der Waals surface area contributed by atoms with Crippen molar-refractivity contribution in [3.8, 4) is 0 Å². The molecule has 1 aromatic carbocycles. The molecular formula is C18H18N4OS. The third kappa shape index (κ3) is 2.34. The first-order valence-electron chi connectivity index (χ1n) is 8.29. The molecule has 5 nitrogen and oxygen atoms in total. The molecule has 24 heavy (non-hydrogen) atoms. The van der Waals surface area contributed by atoms with Gasteiger partial charge in [-0.05, 0) is 17.5 Å².